The van der Waals surface area contributed by atoms with E-state index in [1.807, 2.05) is 12.3 Å². The molecule has 0 N–H and O–H groups in total. The van der Waals surface area contributed by atoms with Crippen LogP contribution in [0.5, 0.6) is 5.88 Å². The maximum atomic E-state index is 5.07. The van der Waals surface area contributed by atoms with Crippen LogP contribution in [0.15, 0.2) is 18.3 Å². The summed E-state index contributed by atoms with van der Waals surface area (Å²) < 4.78 is 5.07. The van der Waals surface area contributed by atoms with Gasteiger partial charge in [-0.15, -0.1) is 0 Å². The molecule has 4 heteroatoms. The number of pyridine rings is 1. The Kier molecular flexibility index (Phi) is 4.20. The van der Waals surface area contributed by atoms with E-state index in [2.05, 4.69) is 27.8 Å². The minimum atomic E-state index is 0.679. The molecule has 0 bridgehead atoms. The van der Waals surface area contributed by atoms with Crippen LogP contribution < -0.4 is 9.64 Å². The summed E-state index contributed by atoms with van der Waals surface area (Å²) in [6, 6.07) is 4.01. The normalized spacial score (nSPS) is 17.2. The molecule has 0 spiro atoms. The molecule has 1 aromatic rings. The van der Waals surface area contributed by atoms with E-state index in [4.69, 9.17) is 4.74 Å². The molecule has 1 saturated heterocycles. The van der Waals surface area contributed by atoms with Gasteiger partial charge in [0.25, 0.3) is 0 Å². The van der Waals surface area contributed by atoms with Crippen molar-refractivity contribution in [1.82, 2.24) is 9.88 Å². The van der Waals surface area contributed by atoms with E-state index in [1.165, 1.54) is 18.7 Å². The smallest absolute Gasteiger partial charge is 0.213 e. The highest BCUT2D eigenvalue weighted by Crippen LogP contribution is 2.17. The Morgan fingerprint density at radius 1 is 1.24 bits per heavy atom. The second-order valence-electron chi connectivity index (χ2n) is 4.39. The molecule has 0 unspecified atom stereocenters. The Hall–Kier alpha value is -1.29. The predicted molar refractivity (Wildman–Crippen MR) is 69.7 cm³/mol. The van der Waals surface area contributed by atoms with Gasteiger partial charge >= 0.3 is 0 Å². The van der Waals surface area contributed by atoms with Crippen molar-refractivity contribution in [2.24, 2.45) is 0 Å². The van der Waals surface area contributed by atoms with Crippen molar-refractivity contribution in [3.05, 3.63) is 18.3 Å². The van der Waals surface area contributed by atoms with Gasteiger partial charge in [0.15, 0.2) is 0 Å². The quantitative estimate of drug-likeness (QED) is 0.793. The number of nitrogens with zero attached hydrogens (tertiary/aromatic N) is 3. The van der Waals surface area contributed by atoms with Crippen molar-refractivity contribution in [2.75, 3.05) is 44.7 Å². The summed E-state index contributed by atoms with van der Waals surface area (Å²) in [5.74, 6) is 0.679. The number of hydrogen-bond acceptors (Lipinski definition) is 4. The van der Waals surface area contributed by atoms with Crippen LogP contribution in [0.3, 0.4) is 0 Å². The lowest BCUT2D eigenvalue weighted by atomic mass is 10.2. The molecule has 1 aromatic heterocycles. The van der Waals surface area contributed by atoms with Gasteiger partial charge in [-0.1, -0.05) is 6.92 Å². The van der Waals surface area contributed by atoms with Crippen molar-refractivity contribution < 1.29 is 4.74 Å². The molecule has 1 aliphatic rings. The fourth-order valence-corrected chi connectivity index (χ4v) is 2.23. The first kappa shape index (κ1) is 12.2. The lowest BCUT2D eigenvalue weighted by molar-refractivity contribution is 0.258. The summed E-state index contributed by atoms with van der Waals surface area (Å²) in [4.78, 5) is 9.16. The van der Waals surface area contributed by atoms with Crippen LogP contribution in [0.1, 0.15) is 13.3 Å². The van der Waals surface area contributed by atoms with Gasteiger partial charge in [-0.05, 0) is 19.0 Å². The standard InChI is InChI=1S/C13H21N3O/c1-3-6-15-7-9-16(10-8-15)12-4-5-13(17-2)14-11-12/h4-5,11H,3,6-10H2,1-2H3. The number of methoxy groups -OCH3 is 1. The van der Waals surface area contributed by atoms with E-state index < -0.39 is 0 Å². The van der Waals surface area contributed by atoms with Crippen LogP contribution in [-0.2, 0) is 0 Å². The first-order valence-electron chi connectivity index (χ1n) is 6.31. The van der Waals surface area contributed by atoms with E-state index in [-0.39, 0.29) is 0 Å². The molecule has 2 rings (SSSR count). The highest BCUT2D eigenvalue weighted by molar-refractivity contribution is 5.45. The first-order valence-corrected chi connectivity index (χ1v) is 6.31. The van der Waals surface area contributed by atoms with Crippen LogP contribution in [0.4, 0.5) is 5.69 Å². The molecule has 0 atom stereocenters. The average molecular weight is 235 g/mol. The van der Waals surface area contributed by atoms with Gasteiger partial charge in [0.2, 0.25) is 5.88 Å². The van der Waals surface area contributed by atoms with E-state index in [0.717, 1.165) is 26.2 Å². The Bertz CT molecular complexity index is 331. The lowest BCUT2D eigenvalue weighted by Crippen LogP contribution is -2.46. The second kappa shape index (κ2) is 5.87. The third-order valence-corrected chi connectivity index (χ3v) is 3.21. The largest absolute Gasteiger partial charge is 0.481 e. The SMILES string of the molecule is CCCN1CCN(c2ccc(OC)nc2)CC1. The summed E-state index contributed by atoms with van der Waals surface area (Å²) in [6.07, 6.45) is 3.14. The minimum Gasteiger partial charge on any atom is -0.481 e. The summed E-state index contributed by atoms with van der Waals surface area (Å²) >= 11 is 0. The van der Waals surface area contributed by atoms with Gasteiger partial charge < -0.3 is 9.64 Å². The molecule has 0 aromatic carbocycles. The van der Waals surface area contributed by atoms with E-state index >= 15 is 0 Å². The maximum absolute atomic E-state index is 5.07. The minimum absolute atomic E-state index is 0.679. The Labute approximate surface area is 103 Å². The number of ether oxygens (including phenoxy) is 1. The summed E-state index contributed by atoms with van der Waals surface area (Å²) in [5.41, 5.74) is 1.20. The van der Waals surface area contributed by atoms with Gasteiger partial charge in [-0.2, -0.15) is 0 Å². The molecular weight excluding hydrogens is 214 g/mol. The van der Waals surface area contributed by atoms with Crippen LogP contribution in [0, 0.1) is 0 Å². The molecule has 1 aliphatic heterocycles. The van der Waals surface area contributed by atoms with Crippen LogP contribution >= 0.6 is 0 Å². The van der Waals surface area contributed by atoms with Gasteiger partial charge in [0.1, 0.15) is 0 Å². The third kappa shape index (κ3) is 3.09. The summed E-state index contributed by atoms with van der Waals surface area (Å²) in [6.45, 7) is 7.94. The molecular formula is C13H21N3O. The Balaban J connectivity index is 1.91. The summed E-state index contributed by atoms with van der Waals surface area (Å²) in [7, 11) is 1.64. The van der Waals surface area contributed by atoms with Crippen molar-refractivity contribution in [2.45, 2.75) is 13.3 Å². The lowest BCUT2D eigenvalue weighted by Gasteiger charge is -2.35. The van der Waals surface area contributed by atoms with Crippen LogP contribution in [-0.4, -0.2) is 49.7 Å². The highest BCUT2D eigenvalue weighted by atomic mass is 16.5. The van der Waals surface area contributed by atoms with Gasteiger partial charge in [0, 0.05) is 32.2 Å². The van der Waals surface area contributed by atoms with E-state index in [1.54, 1.807) is 7.11 Å². The fourth-order valence-electron chi connectivity index (χ4n) is 2.23. The van der Waals surface area contributed by atoms with Gasteiger partial charge in [-0.3, -0.25) is 4.90 Å². The topological polar surface area (TPSA) is 28.6 Å². The predicted octanol–water partition coefficient (Wildman–Crippen LogP) is 1.62. The number of hydrogen-bond donors (Lipinski definition) is 0. The van der Waals surface area contributed by atoms with Crippen molar-refractivity contribution in [3.63, 3.8) is 0 Å². The Morgan fingerprint density at radius 2 is 2.00 bits per heavy atom. The number of anilines is 1. The highest BCUT2D eigenvalue weighted by Gasteiger charge is 2.16. The van der Waals surface area contributed by atoms with Gasteiger partial charge in [-0.25, -0.2) is 4.98 Å². The van der Waals surface area contributed by atoms with Crippen molar-refractivity contribution >= 4 is 5.69 Å². The average Bonchev–Trinajstić information content (AvgIpc) is 2.40. The van der Waals surface area contributed by atoms with E-state index in [9.17, 15) is 0 Å². The molecule has 17 heavy (non-hydrogen) atoms. The van der Waals surface area contributed by atoms with Gasteiger partial charge in [0.05, 0.1) is 19.0 Å². The monoisotopic (exact) mass is 235 g/mol. The maximum Gasteiger partial charge on any atom is 0.213 e. The molecule has 0 radical (unpaired) electrons. The molecule has 0 aliphatic carbocycles. The second-order valence-corrected chi connectivity index (χ2v) is 4.39. The molecule has 2 heterocycles. The zero-order valence-corrected chi connectivity index (χ0v) is 10.7. The zero-order chi connectivity index (χ0) is 12.1. The molecule has 4 nitrogen and oxygen atoms in total. The zero-order valence-electron chi connectivity index (χ0n) is 10.7. The number of piperazine rings is 1. The summed E-state index contributed by atoms with van der Waals surface area (Å²) in [5, 5.41) is 0. The molecule has 0 saturated carbocycles. The molecule has 94 valence electrons. The first-order chi connectivity index (χ1) is 8.33. The Morgan fingerprint density at radius 3 is 2.53 bits per heavy atom. The van der Waals surface area contributed by atoms with Crippen LogP contribution in [0.25, 0.3) is 0 Å². The van der Waals surface area contributed by atoms with E-state index in [0.29, 0.717) is 5.88 Å². The number of aromatic nitrogens is 1. The third-order valence-electron chi connectivity index (χ3n) is 3.21. The van der Waals surface area contributed by atoms with Crippen molar-refractivity contribution in [3.8, 4) is 5.88 Å². The van der Waals surface area contributed by atoms with Crippen LogP contribution in [0.2, 0.25) is 0 Å². The molecule has 1 fully saturated rings. The van der Waals surface area contributed by atoms with Crippen molar-refractivity contribution in [1.29, 1.82) is 0 Å². The fraction of sp³-hybridized carbons (Fsp3) is 0.615. The number of rotatable bonds is 4. The molecule has 0 amide bonds.